The Bertz CT molecular complexity index is 1410. The van der Waals surface area contributed by atoms with Gasteiger partial charge in [0.2, 0.25) is 11.8 Å². The molecule has 1 aliphatic heterocycles. The molecule has 206 valence electrons. The van der Waals surface area contributed by atoms with Gasteiger partial charge in [-0.05, 0) is 65.5 Å². The first-order chi connectivity index (χ1) is 18.4. The van der Waals surface area contributed by atoms with Crippen molar-refractivity contribution in [3.63, 3.8) is 0 Å². The first-order valence-electron chi connectivity index (χ1n) is 12.8. The van der Waals surface area contributed by atoms with Gasteiger partial charge in [0.1, 0.15) is 10.6 Å². The third-order valence-electron chi connectivity index (χ3n) is 6.82. The molecule has 5 rings (SSSR count). The van der Waals surface area contributed by atoms with Gasteiger partial charge in [0.05, 0.1) is 22.6 Å². The Morgan fingerprint density at radius 3 is 2.69 bits per heavy atom. The molecular weight excluding hydrogens is 522 g/mol. The number of carboxylic acid groups (broad SMARTS) is 1. The highest BCUT2D eigenvalue weighted by molar-refractivity contribution is 7.15. The summed E-state index contributed by atoms with van der Waals surface area (Å²) in [7, 11) is 0. The van der Waals surface area contributed by atoms with E-state index in [9.17, 15) is 19.8 Å². The van der Waals surface area contributed by atoms with Crippen molar-refractivity contribution in [1.29, 1.82) is 0 Å². The van der Waals surface area contributed by atoms with Crippen molar-refractivity contribution in [2.24, 2.45) is 5.92 Å². The zero-order valence-electron chi connectivity index (χ0n) is 22.1. The van der Waals surface area contributed by atoms with Gasteiger partial charge in [-0.1, -0.05) is 0 Å². The third-order valence-corrected chi connectivity index (χ3v) is 8.04. The Balaban J connectivity index is 1.50. The highest BCUT2D eigenvalue weighted by atomic mass is 32.1. The minimum atomic E-state index is -1.19. The summed E-state index contributed by atoms with van der Waals surface area (Å²) in [6.07, 6.45) is 4.63. The Morgan fingerprint density at radius 2 is 2.00 bits per heavy atom. The minimum absolute atomic E-state index is 0.0478. The fourth-order valence-electron chi connectivity index (χ4n) is 4.67. The molecule has 2 aliphatic rings. The molecule has 1 saturated carbocycles. The standard InChI is InChI=1S/C27H31N5O6S/c1-14(2)37-20-7-10-28-25(32-20)30-16-11-17(21-18(12-16)31-23(35)26(3,4)38-21)19-13-29-24(39-19)27(36)8-5-15(6-9-27)22(33)34/h7,10-15,36H,5-6,8-9H2,1-4H3,(H,31,35)(H,33,34)(H,28,30,32)/t15-,27-. The number of anilines is 3. The number of aliphatic carboxylic acids is 1. The van der Waals surface area contributed by atoms with Crippen molar-refractivity contribution in [1.82, 2.24) is 15.0 Å². The number of aromatic nitrogens is 3. The maximum absolute atomic E-state index is 12.7. The molecule has 1 amide bonds. The van der Waals surface area contributed by atoms with E-state index in [1.165, 1.54) is 11.3 Å². The van der Waals surface area contributed by atoms with E-state index in [0.717, 1.165) is 4.88 Å². The number of rotatable bonds is 7. The predicted octanol–water partition coefficient (Wildman–Crippen LogP) is 4.70. The van der Waals surface area contributed by atoms with E-state index in [-0.39, 0.29) is 12.0 Å². The van der Waals surface area contributed by atoms with Crippen molar-refractivity contribution in [2.75, 3.05) is 10.6 Å². The van der Waals surface area contributed by atoms with Crippen LogP contribution < -0.4 is 20.1 Å². The summed E-state index contributed by atoms with van der Waals surface area (Å²) in [4.78, 5) is 38.0. The molecule has 12 heteroatoms. The zero-order valence-corrected chi connectivity index (χ0v) is 23.0. The molecule has 1 fully saturated rings. The molecule has 2 aromatic heterocycles. The molecule has 3 aromatic rings. The van der Waals surface area contributed by atoms with Crippen molar-refractivity contribution in [3.8, 4) is 22.1 Å². The van der Waals surface area contributed by atoms with Crippen LogP contribution in [0.3, 0.4) is 0 Å². The molecule has 11 nitrogen and oxygen atoms in total. The van der Waals surface area contributed by atoms with E-state index < -0.39 is 23.1 Å². The fourth-order valence-corrected chi connectivity index (χ4v) is 5.74. The Morgan fingerprint density at radius 1 is 1.26 bits per heavy atom. The quantitative estimate of drug-likeness (QED) is 0.323. The fraction of sp³-hybridized carbons (Fsp3) is 0.444. The number of amides is 1. The molecule has 0 bridgehead atoms. The van der Waals surface area contributed by atoms with Crippen LogP contribution in [0.5, 0.6) is 11.6 Å². The van der Waals surface area contributed by atoms with E-state index in [1.54, 1.807) is 38.4 Å². The van der Waals surface area contributed by atoms with Crippen LogP contribution in [0, 0.1) is 5.92 Å². The van der Waals surface area contributed by atoms with Crippen molar-refractivity contribution in [3.05, 3.63) is 35.6 Å². The van der Waals surface area contributed by atoms with Gasteiger partial charge in [0.15, 0.2) is 11.4 Å². The molecule has 3 heterocycles. The number of carbonyl (C=O) groups is 2. The van der Waals surface area contributed by atoms with E-state index in [1.807, 2.05) is 19.9 Å². The van der Waals surface area contributed by atoms with Gasteiger partial charge in [0, 0.05) is 29.7 Å². The van der Waals surface area contributed by atoms with Gasteiger partial charge < -0.3 is 30.3 Å². The highest BCUT2D eigenvalue weighted by Crippen LogP contribution is 2.48. The number of carboxylic acids is 1. The number of nitrogens with one attached hydrogen (secondary N) is 2. The van der Waals surface area contributed by atoms with Crippen LogP contribution in [0.2, 0.25) is 0 Å². The second-order valence-electron chi connectivity index (χ2n) is 10.7. The molecular formula is C27H31N5O6S. The zero-order chi connectivity index (χ0) is 27.9. The number of thiazole rings is 1. The van der Waals surface area contributed by atoms with Crippen LogP contribution in [0.15, 0.2) is 30.6 Å². The lowest BCUT2D eigenvalue weighted by Gasteiger charge is -2.33. The number of ether oxygens (including phenoxy) is 2. The van der Waals surface area contributed by atoms with Crippen molar-refractivity contribution in [2.45, 2.75) is 70.7 Å². The van der Waals surface area contributed by atoms with Crippen LogP contribution in [0.4, 0.5) is 17.3 Å². The number of nitrogens with zero attached hydrogens (tertiary/aromatic N) is 3. The summed E-state index contributed by atoms with van der Waals surface area (Å²) >= 11 is 1.32. The molecule has 0 radical (unpaired) electrons. The Hall–Kier alpha value is -3.77. The van der Waals surface area contributed by atoms with E-state index in [2.05, 4.69) is 25.6 Å². The molecule has 0 unspecified atom stereocenters. The normalized spacial score (nSPS) is 22.0. The van der Waals surface area contributed by atoms with Crippen molar-refractivity contribution < 1.29 is 29.3 Å². The number of hydrogen-bond acceptors (Lipinski definition) is 10. The van der Waals surface area contributed by atoms with Gasteiger partial charge in [-0.25, -0.2) is 9.97 Å². The summed E-state index contributed by atoms with van der Waals surface area (Å²) in [6, 6.07) is 5.27. The number of carbonyl (C=O) groups excluding carboxylic acids is 1. The third kappa shape index (κ3) is 5.52. The first-order valence-corrected chi connectivity index (χ1v) is 13.6. The molecule has 1 aliphatic carbocycles. The van der Waals surface area contributed by atoms with E-state index in [4.69, 9.17) is 9.47 Å². The lowest BCUT2D eigenvalue weighted by Crippen LogP contribution is -2.45. The highest BCUT2D eigenvalue weighted by Gasteiger charge is 2.40. The van der Waals surface area contributed by atoms with Crippen molar-refractivity contribution >= 4 is 40.5 Å². The van der Waals surface area contributed by atoms with Crippen LogP contribution in [-0.4, -0.2) is 48.7 Å². The molecule has 4 N–H and O–H groups in total. The van der Waals surface area contributed by atoms with Crippen LogP contribution in [-0.2, 0) is 15.2 Å². The smallest absolute Gasteiger partial charge is 0.306 e. The van der Waals surface area contributed by atoms with Gasteiger partial charge in [0.25, 0.3) is 5.91 Å². The van der Waals surface area contributed by atoms with Crippen LogP contribution in [0.25, 0.3) is 10.4 Å². The van der Waals surface area contributed by atoms with Crippen LogP contribution in [0.1, 0.15) is 58.4 Å². The molecule has 39 heavy (non-hydrogen) atoms. The lowest BCUT2D eigenvalue weighted by atomic mass is 9.79. The lowest BCUT2D eigenvalue weighted by molar-refractivity contribution is -0.145. The molecule has 0 spiro atoms. The summed E-state index contributed by atoms with van der Waals surface area (Å²) in [5.74, 6) is -0.338. The predicted molar refractivity (Wildman–Crippen MR) is 145 cm³/mol. The maximum Gasteiger partial charge on any atom is 0.306 e. The van der Waals surface area contributed by atoms with Gasteiger partial charge >= 0.3 is 5.97 Å². The van der Waals surface area contributed by atoms with Gasteiger partial charge in [-0.15, -0.1) is 11.3 Å². The van der Waals surface area contributed by atoms with Gasteiger partial charge in [-0.2, -0.15) is 4.98 Å². The largest absolute Gasteiger partial charge is 0.481 e. The average molecular weight is 554 g/mol. The van der Waals surface area contributed by atoms with E-state index >= 15 is 0 Å². The SMILES string of the molecule is CC(C)Oc1ccnc(Nc2cc3c(c(-c4cnc([C@]5(O)CC[C@H](C(=O)O)CC5)s4)c2)OC(C)(C)C(=O)N3)n1. The Kier molecular flexibility index (Phi) is 6.93. The monoisotopic (exact) mass is 553 g/mol. The molecule has 0 atom stereocenters. The number of fused-ring (bicyclic) bond motifs is 1. The summed E-state index contributed by atoms with van der Waals surface area (Å²) in [5.41, 5.74) is -0.536. The average Bonchev–Trinajstić information content (AvgIpc) is 3.36. The second kappa shape index (κ2) is 10.1. The first kappa shape index (κ1) is 26.8. The Labute approximate surface area is 229 Å². The van der Waals surface area contributed by atoms with Crippen LogP contribution >= 0.6 is 11.3 Å². The van der Waals surface area contributed by atoms with E-state index in [0.29, 0.717) is 65.2 Å². The summed E-state index contributed by atoms with van der Waals surface area (Å²) in [6.45, 7) is 7.20. The number of hydrogen-bond donors (Lipinski definition) is 4. The number of aliphatic hydroxyl groups is 1. The summed E-state index contributed by atoms with van der Waals surface area (Å²) in [5, 5.41) is 27.3. The summed E-state index contributed by atoms with van der Waals surface area (Å²) < 4.78 is 11.8. The molecule has 1 aromatic carbocycles. The topological polar surface area (TPSA) is 156 Å². The molecule has 0 saturated heterocycles. The minimum Gasteiger partial charge on any atom is -0.481 e. The maximum atomic E-state index is 12.7. The number of benzene rings is 1. The van der Waals surface area contributed by atoms with Gasteiger partial charge in [-0.3, -0.25) is 9.59 Å². The second-order valence-corrected chi connectivity index (χ2v) is 11.7.